The third kappa shape index (κ3) is 3.04. The molecule has 0 unspecified atom stereocenters. The zero-order valence-electron chi connectivity index (χ0n) is 9.86. The molecule has 0 atom stereocenters. The first-order valence-electron chi connectivity index (χ1n) is 5.49. The van der Waals surface area contributed by atoms with Crippen molar-refractivity contribution in [2.24, 2.45) is 0 Å². The van der Waals surface area contributed by atoms with E-state index in [1.807, 2.05) is 0 Å². The van der Waals surface area contributed by atoms with Gasteiger partial charge in [0.05, 0.1) is 5.56 Å². The van der Waals surface area contributed by atoms with E-state index in [4.69, 9.17) is 5.73 Å². The van der Waals surface area contributed by atoms with Gasteiger partial charge in [0.15, 0.2) is 0 Å². The molecular formula is C13H11F2N3O. The number of hydrogen-bond acceptors (Lipinski definition) is 3. The number of nitrogens with two attached hydrogens (primary N) is 1. The second kappa shape index (κ2) is 5.43. The molecule has 0 spiro atoms. The van der Waals surface area contributed by atoms with E-state index in [2.05, 4.69) is 10.3 Å². The molecule has 1 heterocycles. The molecule has 2 rings (SSSR count). The lowest BCUT2D eigenvalue weighted by atomic mass is 10.2. The number of halogens is 2. The molecule has 3 N–H and O–H groups in total. The van der Waals surface area contributed by atoms with Crippen LogP contribution in [0.4, 0.5) is 14.5 Å². The monoisotopic (exact) mass is 263 g/mol. The zero-order chi connectivity index (χ0) is 13.8. The molecule has 0 aliphatic carbocycles. The maximum Gasteiger partial charge on any atom is 0.255 e. The highest BCUT2D eigenvalue weighted by molar-refractivity contribution is 5.98. The number of nitrogen functional groups attached to an aromatic ring is 1. The maximum absolute atomic E-state index is 13.4. The molecule has 98 valence electrons. The third-order valence-electron chi connectivity index (χ3n) is 2.55. The molecule has 0 saturated heterocycles. The summed E-state index contributed by atoms with van der Waals surface area (Å²) in [5, 5.41) is 2.49. The highest BCUT2D eigenvalue weighted by Crippen LogP contribution is 2.11. The molecule has 0 aliphatic heterocycles. The fourth-order valence-electron chi connectivity index (χ4n) is 1.53. The van der Waals surface area contributed by atoms with E-state index in [-0.39, 0.29) is 23.4 Å². The minimum Gasteiger partial charge on any atom is -0.398 e. The maximum atomic E-state index is 13.4. The smallest absolute Gasteiger partial charge is 0.255 e. The first-order chi connectivity index (χ1) is 9.08. The number of amides is 1. The van der Waals surface area contributed by atoms with Gasteiger partial charge < -0.3 is 11.1 Å². The Morgan fingerprint density at radius 3 is 2.79 bits per heavy atom. The van der Waals surface area contributed by atoms with Crippen molar-refractivity contribution in [1.29, 1.82) is 0 Å². The molecule has 6 heteroatoms. The number of rotatable bonds is 3. The fourth-order valence-corrected chi connectivity index (χ4v) is 1.53. The van der Waals surface area contributed by atoms with Gasteiger partial charge in [-0.05, 0) is 12.1 Å². The second-order valence-electron chi connectivity index (χ2n) is 3.88. The number of hydrogen-bond donors (Lipinski definition) is 2. The molecule has 0 fully saturated rings. The number of aromatic nitrogens is 1. The molecule has 0 radical (unpaired) electrons. The van der Waals surface area contributed by atoms with Crippen LogP contribution in [0.25, 0.3) is 0 Å². The van der Waals surface area contributed by atoms with Crippen LogP contribution in [-0.4, -0.2) is 10.9 Å². The predicted molar refractivity (Wildman–Crippen MR) is 66.2 cm³/mol. The highest BCUT2D eigenvalue weighted by Gasteiger charge is 2.10. The van der Waals surface area contributed by atoms with Gasteiger partial charge in [0.2, 0.25) is 0 Å². The number of nitrogens with zero attached hydrogens (tertiary/aromatic N) is 1. The highest BCUT2D eigenvalue weighted by atomic mass is 19.1. The summed E-state index contributed by atoms with van der Waals surface area (Å²) in [6, 6.07) is 4.66. The van der Waals surface area contributed by atoms with Gasteiger partial charge >= 0.3 is 0 Å². The molecule has 1 amide bonds. The predicted octanol–water partition coefficient (Wildman–Crippen LogP) is 1.87. The first kappa shape index (κ1) is 12.9. The molecular weight excluding hydrogens is 252 g/mol. The molecule has 4 nitrogen and oxygen atoms in total. The van der Waals surface area contributed by atoms with Gasteiger partial charge in [-0.15, -0.1) is 0 Å². The molecule has 19 heavy (non-hydrogen) atoms. The van der Waals surface area contributed by atoms with Gasteiger partial charge in [0.1, 0.15) is 11.6 Å². The summed E-state index contributed by atoms with van der Waals surface area (Å²) in [5.74, 6) is -1.84. The van der Waals surface area contributed by atoms with Crippen molar-refractivity contribution in [1.82, 2.24) is 10.3 Å². The summed E-state index contributed by atoms with van der Waals surface area (Å²) in [6.45, 7) is -0.0563. The van der Waals surface area contributed by atoms with Crippen molar-refractivity contribution >= 4 is 11.6 Å². The second-order valence-corrected chi connectivity index (χ2v) is 3.88. The lowest BCUT2D eigenvalue weighted by Crippen LogP contribution is -2.24. The van der Waals surface area contributed by atoms with Gasteiger partial charge in [-0.25, -0.2) is 8.78 Å². The van der Waals surface area contributed by atoms with E-state index in [1.165, 1.54) is 24.5 Å². The van der Waals surface area contributed by atoms with Crippen molar-refractivity contribution in [2.45, 2.75) is 6.54 Å². The van der Waals surface area contributed by atoms with E-state index in [0.717, 1.165) is 12.1 Å². The van der Waals surface area contributed by atoms with Gasteiger partial charge in [-0.2, -0.15) is 0 Å². The molecule has 1 aromatic heterocycles. The third-order valence-corrected chi connectivity index (χ3v) is 2.55. The van der Waals surface area contributed by atoms with E-state index < -0.39 is 17.5 Å². The Kier molecular flexibility index (Phi) is 3.70. The van der Waals surface area contributed by atoms with Crippen LogP contribution in [-0.2, 0) is 6.54 Å². The SMILES string of the molecule is Nc1ccncc1C(=O)NCc1ccc(F)cc1F. The standard InChI is InChI=1S/C13H11F2N3O/c14-9-2-1-8(11(15)5-9)6-18-13(19)10-7-17-4-3-12(10)16/h1-5,7H,6H2,(H2,16,17)(H,18,19). The average Bonchev–Trinajstić information content (AvgIpc) is 2.38. The Balaban J connectivity index is 2.07. The largest absolute Gasteiger partial charge is 0.398 e. The van der Waals surface area contributed by atoms with Crippen molar-refractivity contribution < 1.29 is 13.6 Å². The van der Waals surface area contributed by atoms with Gasteiger partial charge in [0, 0.05) is 36.3 Å². The van der Waals surface area contributed by atoms with Crippen molar-refractivity contribution in [3.63, 3.8) is 0 Å². The minimum atomic E-state index is -0.709. The van der Waals surface area contributed by atoms with Gasteiger partial charge in [0.25, 0.3) is 5.91 Å². The summed E-state index contributed by atoms with van der Waals surface area (Å²) >= 11 is 0. The van der Waals surface area contributed by atoms with Crippen LogP contribution in [0, 0.1) is 11.6 Å². The van der Waals surface area contributed by atoms with E-state index in [1.54, 1.807) is 0 Å². The summed E-state index contributed by atoms with van der Waals surface area (Å²) in [5.41, 5.74) is 6.30. The number of anilines is 1. The van der Waals surface area contributed by atoms with E-state index in [9.17, 15) is 13.6 Å². The van der Waals surface area contributed by atoms with Gasteiger partial charge in [-0.1, -0.05) is 6.07 Å². The molecule has 2 aromatic rings. The Bertz CT molecular complexity index is 617. The van der Waals surface area contributed by atoms with E-state index in [0.29, 0.717) is 0 Å². The Morgan fingerprint density at radius 2 is 2.11 bits per heavy atom. The Hall–Kier alpha value is -2.50. The first-order valence-corrected chi connectivity index (χ1v) is 5.49. The summed E-state index contributed by atoms with van der Waals surface area (Å²) in [4.78, 5) is 15.6. The van der Waals surface area contributed by atoms with Crippen molar-refractivity contribution in [3.05, 3.63) is 59.4 Å². The molecule has 0 bridgehead atoms. The molecule has 0 aliphatic rings. The lowest BCUT2D eigenvalue weighted by Gasteiger charge is -2.07. The summed E-state index contributed by atoms with van der Waals surface area (Å²) in [7, 11) is 0. The quantitative estimate of drug-likeness (QED) is 0.888. The number of benzene rings is 1. The molecule has 0 saturated carbocycles. The van der Waals surface area contributed by atoms with Crippen LogP contribution in [0.1, 0.15) is 15.9 Å². The Labute approximate surface area is 108 Å². The van der Waals surface area contributed by atoms with Crippen LogP contribution < -0.4 is 11.1 Å². The lowest BCUT2D eigenvalue weighted by molar-refractivity contribution is 0.0951. The van der Waals surface area contributed by atoms with Crippen LogP contribution >= 0.6 is 0 Å². The van der Waals surface area contributed by atoms with Gasteiger partial charge in [-0.3, -0.25) is 9.78 Å². The summed E-state index contributed by atoms with van der Waals surface area (Å²) < 4.78 is 26.1. The number of carbonyl (C=O) groups excluding carboxylic acids is 1. The molecule has 1 aromatic carbocycles. The topological polar surface area (TPSA) is 68.0 Å². The number of pyridine rings is 1. The fraction of sp³-hybridized carbons (Fsp3) is 0.0769. The van der Waals surface area contributed by atoms with Crippen LogP contribution in [0.3, 0.4) is 0 Å². The normalized spacial score (nSPS) is 10.2. The zero-order valence-corrected chi connectivity index (χ0v) is 9.86. The Morgan fingerprint density at radius 1 is 1.32 bits per heavy atom. The van der Waals surface area contributed by atoms with Crippen LogP contribution in [0.5, 0.6) is 0 Å². The average molecular weight is 263 g/mol. The van der Waals surface area contributed by atoms with Crippen molar-refractivity contribution in [2.75, 3.05) is 5.73 Å². The van der Waals surface area contributed by atoms with Crippen LogP contribution in [0.2, 0.25) is 0 Å². The van der Waals surface area contributed by atoms with Crippen LogP contribution in [0.15, 0.2) is 36.7 Å². The number of carbonyl (C=O) groups is 1. The van der Waals surface area contributed by atoms with Crippen molar-refractivity contribution in [3.8, 4) is 0 Å². The number of nitrogens with one attached hydrogen (secondary N) is 1. The minimum absolute atomic E-state index is 0.0563. The van der Waals surface area contributed by atoms with E-state index >= 15 is 0 Å². The summed E-state index contributed by atoms with van der Waals surface area (Å²) in [6.07, 6.45) is 2.79.